The van der Waals surface area contributed by atoms with E-state index >= 15 is 0 Å². The first-order chi connectivity index (χ1) is 14.0. The van der Waals surface area contributed by atoms with Crippen molar-refractivity contribution in [1.82, 2.24) is 9.55 Å². The highest BCUT2D eigenvalue weighted by Crippen LogP contribution is 2.29. The van der Waals surface area contributed by atoms with E-state index in [1.807, 2.05) is 37.3 Å². The number of anilines is 2. The van der Waals surface area contributed by atoms with Crippen LogP contribution in [0.3, 0.4) is 0 Å². The van der Waals surface area contributed by atoms with Gasteiger partial charge in [-0.1, -0.05) is 48.9 Å². The first kappa shape index (κ1) is 20.6. The predicted molar refractivity (Wildman–Crippen MR) is 118 cm³/mol. The van der Waals surface area contributed by atoms with Gasteiger partial charge in [0.25, 0.3) is 5.56 Å². The minimum absolute atomic E-state index is 0.179. The summed E-state index contributed by atoms with van der Waals surface area (Å²) in [4.78, 5) is 29.3. The van der Waals surface area contributed by atoms with E-state index in [2.05, 4.69) is 10.6 Å². The molecule has 0 fully saturated rings. The molecule has 29 heavy (non-hydrogen) atoms. The molecule has 6 nitrogen and oxygen atoms in total. The number of aromatic nitrogens is 2. The summed E-state index contributed by atoms with van der Waals surface area (Å²) in [5.41, 5.74) is 2.45. The average Bonchev–Trinajstić information content (AvgIpc) is 2.69. The molecule has 150 valence electrons. The lowest BCUT2D eigenvalue weighted by Gasteiger charge is -2.16. The smallest absolute Gasteiger partial charge is 0.255 e. The molecule has 2 aromatic carbocycles. The summed E-state index contributed by atoms with van der Waals surface area (Å²) in [7, 11) is 0. The summed E-state index contributed by atoms with van der Waals surface area (Å²) in [5.74, 6) is 0.261. The molecule has 0 radical (unpaired) electrons. The van der Waals surface area contributed by atoms with Crippen molar-refractivity contribution in [2.45, 2.75) is 26.8 Å². The van der Waals surface area contributed by atoms with Gasteiger partial charge >= 0.3 is 0 Å². The van der Waals surface area contributed by atoms with E-state index < -0.39 is 0 Å². The third kappa shape index (κ3) is 5.23. The molecule has 7 heteroatoms. The molecular weight excluding hydrogens is 388 g/mol. The number of nitrogens with zero attached hydrogens (tertiary/aromatic N) is 2. The highest BCUT2D eigenvalue weighted by molar-refractivity contribution is 6.31. The zero-order chi connectivity index (χ0) is 20.8. The van der Waals surface area contributed by atoms with Crippen LogP contribution in [0.2, 0.25) is 5.02 Å². The van der Waals surface area contributed by atoms with Crippen molar-refractivity contribution in [3.63, 3.8) is 0 Å². The topological polar surface area (TPSA) is 76.0 Å². The summed E-state index contributed by atoms with van der Waals surface area (Å²) in [6.07, 6.45) is 0.892. The van der Waals surface area contributed by atoms with Crippen molar-refractivity contribution in [3.8, 4) is 11.3 Å². The molecule has 0 saturated carbocycles. The van der Waals surface area contributed by atoms with Crippen LogP contribution < -0.4 is 16.2 Å². The number of carbonyl (C=O) groups excluding carboxylic acids is 1. The Morgan fingerprint density at radius 1 is 1.14 bits per heavy atom. The maximum Gasteiger partial charge on any atom is 0.255 e. The lowest BCUT2D eigenvalue weighted by molar-refractivity contribution is -0.114. The van der Waals surface area contributed by atoms with E-state index in [4.69, 9.17) is 16.6 Å². The summed E-state index contributed by atoms with van der Waals surface area (Å²) in [6.45, 7) is 4.57. The Hall–Kier alpha value is -3.12. The fourth-order valence-electron chi connectivity index (χ4n) is 2.97. The SMILES string of the molecule is CCCNc1nc(-c2ccc(Cl)cc2NC(C)=O)cc(=O)n1Cc1ccccc1. The number of carbonyl (C=O) groups is 1. The van der Waals surface area contributed by atoms with Crippen LogP contribution >= 0.6 is 11.6 Å². The summed E-state index contributed by atoms with van der Waals surface area (Å²) < 4.78 is 1.61. The number of rotatable bonds is 7. The Balaban J connectivity index is 2.09. The van der Waals surface area contributed by atoms with E-state index in [0.717, 1.165) is 12.0 Å². The van der Waals surface area contributed by atoms with E-state index in [1.54, 1.807) is 22.8 Å². The first-order valence-electron chi connectivity index (χ1n) is 9.45. The minimum Gasteiger partial charge on any atom is -0.356 e. The van der Waals surface area contributed by atoms with Crippen LogP contribution in [0.1, 0.15) is 25.8 Å². The van der Waals surface area contributed by atoms with Crippen LogP contribution in [0.5, 0.6) is 0 Å². The molecule has 3 rings (SSSR count). The van der Waals surface area contributed by atoms with Gasteiger partial charge in [0.1, 0.15) is 0 Å². The number of amides is 1. The zero-order valence-corrected chi connectivity index (χ0v) is 17.2. The van der Waals surface area contributed by atoms with Gasteiger partial charge in [0.05, 0.1) is 17.9 Å². The monoisotopic (exact) mass is 410 g/mol. The van der Waals surface area contributed by atoms with E-state index in [9.17, 15) is 9.59 Å². The molecule has 3 aromatic rings. The molecule has 0 aliphatic heterocycles. The summed E-state index contributed by atoms with van der Waals surface area (Å²) in [5, 5.41) is 6.49. The lowest BCUT2D eigenvalue weighted by atomic mass is 10.1. The Kier molecular flexibility index (Phi) is 6.67. The second-order valence-electron chi connectivity index (χ2n) is 6.67. The van der Waals surface area contributed by atoms with E-state index in [1.165, 1.54) is 13.0 Å². The molecule has 1 aromatic heterocycles. The van der Waals surface area contributed by atoms with Gasteiger partial charge in [-0.25, -0.2) is 4.98 Å². The molecule has 0 atom stereocenters. The number of nitrogens with one attached hydrogen (secondary N) is 2. The fourth-order valence-corrected chi connectivity index (χ4v) is 3.14. The van der Waals surface area contributed by atoms with Crippen LogP contribution in [0.25, 0.3) is 11.3 Å². The van der Waals surface area contributed by atoms with Crippen molar-refractivity contribution in [2.75, 3.05) is 17.2 Å². The molecule has 0 bridgehead atoms. The van der Waals surface area contributed by atoms with E-state index in [-0.39, 0.29) is 11.5 Å². The average molecular weight is 411 g/mol. The van der Waals surface area contributed by atoms with Crippen LogP contribution in [0.4, 0.5) is 11.6 Å². The Bertz CT molecular complexity index is 1060. The number of hydrogen-bond acceptors (Lipinski definition) is 4. The van der Waals surface area contributed by atoms with E-state index in [0.29, 0.717) is 41.0 Å². The van der Waals surface area contributed by atoms with Crippen molar-refractivity contribution in [2.24, 2.45) is 0 Å². The van der Waals surface area contributed by atoms with Crippen LogP contribution in [0, 0.1) is 0 Å². The first-order valence-corrected chi connectivity index (χ1v) is 9.83. The number of halogens is 1. The van der Waals surface area contributed by atoms with Crippen molar-refractivity contribution < 1.29 is 4.79 Å². The fraction of sp³-hybridized carbons (Fsp3) is 0.227. The molecule has 0 aliphatic carbocycles. The second kappa shape index (κ2) is 9.39. The highest BCUT2D eigenvalue weighted by Gasteiger charge is 2.14. The normalized spacial score (nSPS) is 10.6. The van der Waals surface area contributed by atoms with Gasteiger partial charge < -0.3 is 10.6 Å². The van der Waals surface area contributed by atoms with Gasteiger partial charge in [0.15, 0.2) is 0 Å². The summed E-state index contributed by atoms with van der Waals surface area (Å²) >= 11 is 6.08. The highest BCUT2D eigenvalue weighted by atomic mass is 35.5. The molecule has 0 spiro atoms. The van der Waals surface area contributed by atoms with Gasteiger partial charge in [-0.05, 0) is 30.2 Å². The maximum atomic E-state index is 13.0. The van der Waals surface area contributed by atoms with Gasteiger partial charge in [0.2, 0.25) is 11.9 Å². The third-order valence-corrected chi connectivity index (χ3v) is 4.53. The molecule has 1 amide bonds. The van der Waals surface area contributed by atoms with Crippen molar-refractivity contribution >= 4 is 29.1 Å². The van der Waals surface area contributed by atoms with Crippen LogP contribution in [0.15, 0.2) is 59.4 Å². The number of benzene rings is 2. The molecule has 0 unspecified atom stereocenters. The largest absolute Gasteiger partial charge is 0.356 e. The minimum atomic E-state index is -0.227. The molecular formula is C22H23ClN4O2. The quantitative estimate of drug-likeness (QED) is 0.605. The molecule has 2 N–H and O–H groups in total. The van der Waals surface area contributed by atoms with Gasteiger partial charge in [-0.3, -0.25) is 14.2 Å². The molecule has 0 aliphatic rings. The second-order valence-corrected chi connectivity index (χ2v) is 7.11. The Morgan fingerprint density at radius 2 is 1.90 bits per heavy atom. The van der Waals surface area contributed by atoms with Crippen molar-refractivity contribution in [1.29, 1.82) is 0 Å². The lowest BCUT2D eigenvalue weighted by Crippen LogP contribution is -2.25. The Morgan fingerprint density at radius 3 is 2.59 bits per heavy atom. The van der Waals surface area contributed by atoms with Crippen molar-refractivity contribution in [3.05, 3.63) is 75.5 Å². The zero-order valence-electron chi connectivity index (χ0n) is 16.4. The van der Waals surface area contributed by atoms with Gasteiger partial charge in [-0.2, -0.15) is 0 Å². The summed E-state index contributed by atoms with van der Waals surface area (Å²) in [6, 6.07) is 16.3. The number of hydrogen-bond donors (Lipinski definition) is 2. The Labute approximate surface area is 174 Å². The van der Waals surface area contributed by atoms with Crippen LogP contribution in [-0.4, -0.2) is 22.0 Å². The van der Waals surface area contributed by atoms with Gasteiger partial charge in [-0.15, -0.1) is 0 Å². The third-order valence-electron chi connectivity index (χ3n) is 4.29. The maximum absolute atomic E-state index is 13.0. The van der Waals surface area contributed by atoms with Gasteiger partial charge in [0, 0.05) is 30.1 Å². The molecule has 0 saturated heterocycles. The standard InChI is InChI=1S/C22H23ClN4O2/c1-3-11-24-22-26-20(18-10-9-17(23)12-19(18)25-15(2)28)13-21(29)27(22)14-16-7-5-4-6-8-16/h4-10,12-13H,3,11,14H2,1-2H3,(H,24,26)(H,25,28). The predicted octanol–water partition coefficient (Wildman–Crippen LogP) is 4.39. The molecule has 1 heterocycles. The van der Waals surface area contributed by atoms with Crippen LogP contribution in [-0.2, 0) is 11.3 Å².